The molecule has 0 aliphatic carbocycles. The highest BCUT2D eigenvalue weighted by atomic mass is 24.3. The third kappa shape index (κ3) is 2.62. The molecule has 0 aromatic heterocycles. The maximum Gasteiger partial charge on any atom is 0.316 e. The summed E-state index contributed by atoms with van der Waals surface area (Å²) in [5.41, 5.74) is 1.26. The Morgan fingerprint density at radius 3 is 2.50 bits per heavy atom. The number of ether oxygens (including phenoxy) is 2. The lowest BCUT2D eigenvalue weighted by molar-refractivity contribution is 0.112. The second-order valence-corrected chi connectivity index (χ2v) is 3.27. The summed E-state index contributed by atoms with van der Waals surface area (Å²) in [6.45, 7) is 0.899. The zero-order chi connectivity index (χ0) is 9.10. The first kappa shape index (κ1) is 11.8. The number of methoxy groups -OCH3 is 1. The molecule has 2 rings (SSSR count). The molecule has 1 atom stereocenters. The second-order valence-electron chi connectivity index (χ2n) is 3.27. The van der Waals surface area contributed by atoms with Crippen molar-refractivity contribution in [1.82, 2.24) is 0 Å². The van der Waals surface area contributed by atoms with Crippen molar-refractivity contribution in [2.75, 3.05) is 13.7 Å². The molecule has 1 unspecified atom stereocenters. The fourth-order valence-corrected chi connectivity index (χ4v) is 1.66. The minimum absolute atomic E-state index is 0. The molecular formula is C11H16MgO2. The van der Waals surface area contributed by atoms with Crippen LogP contribution in [0.25, 0.3) is 0 Å². The van der Waals surface area contributed by atoms with Gasteiger partial charge in [-0.1, -0.05) is 12.1 Å². The highest BCUT2D eigenvalue weighted by Crippen LogP contribution is 2.29. The zero-order valence-electron chi connectivity index (χ0n) is 7.82. The van der Waals surface area contributed by atoms with Crippen LogP contribution in [0.1, 0.15) is 24.5 Å². The van der Waals surface area contributed by atoms with E-state index in [2.05, 4.69) is 12.1 Å². The third-order valence-corrected chi connectivity index (χ3v) is 2.42. The number of benzene rings is 1. The van der Waals surface area contributed by atoms with Gasteiger partial charge in [0.25, 0.3) is 0 Å². The van der Waals surface area contributed by atoms with E-state index in [4.69, 9.17) is 9.47 Å². The Balaban J connectivity index is 0.000000980. The van der Waals surface area contributed by atoms with Gasteiger partial charge in [-0.15, -0.1) is 0 Å². The minimum atomic E-state index is 0. The van der Waals surface area contributed by atoms with Crippen LogP contribution in [0.3, 0.4) is 0 Å². The molecule has 74 valence electrons. The van der Waals surface area contributed by atoms with Gasteiger partial charge in [0.2, 0.25) is 0 Å². The summed E-state index contributed by atoms with van der Waals surface area (Å²) < 4.78 is 10.7. The summed E-state index contributed by atoms with van der Waals surface area (Å²) in [6, 6.07) is 8.12. The van der Waals surface area contributed by atoms with Crippen LogP contribution in [0.4, 0.5) is 0 Å². The molecule has 1 aliphatic rings. The molecule has 1 fully saturated rings. The molecule has 2 nitrogen and oxygen atoms in total. The molecule has 1 saturated heterocycles. The minimum Gasteiger partial charge on any atom is -0.497 e. The smallest absolute Gasteiger partial charge is 0.316 e. The largest absolute Gasteiger partial charge is 0.497 e. The summed E-state index contributed by atoms with van der Waals surface area (Å²) in [5.74, 6) is 0.904. The summed E-state index contributed by atoms with van der Waals surface area (Å²) in [6.07, 6.45) is 2.63. The molecule has 0 N–H and O–H groups in total. The molecule has 1 aromatic rings. The summed E-state index contributed by atoms with van der Waals surface area (Å²) in [4.78, 5) is 0. The molecule has 1 aliphatic heterocycles. The van der Waals surface area contributed by atoms with Crippen LogP contribution in [0.2, 0.25) is 0 Å². The molecule has 1 heterocycles. The lowest BCUT2D eigenvalue weighted by atomic mass is 10.1. The van der Waals surface area contributed by atoms with E-state index in [0.717, 1.165) is 18.8 Å². The molecule has 14 heavy (non-hydrogen) atoms. The Bertz CT molecular complexity index is 265. The van der Waals surface area contributed by atoms with Crippen LogP contribution in [-0.2, 0) is 4.74 Å². The monoisotopic (exact) mass is 204 g/mol. The third-order valence-electron chi connectivity index (χ3n) is 2.42. The molecular weight excluding hydrogens is 188 g/mol. The topological polar surface area (TPSA) is 18.5 Å². The van der Waals surface area contributed by atoms with Gasteiger partial charge in [0, 0.05) is 6.61 Å². The summed E-state index contributed by atoms with van der Waals surface area (Å²) in [7, 11) is 1.68. The van der Waals surface area contributed by atoms with E-state index in [9.17, 15) is 0 Å². The predicted octanol–water partition coefficient (Wildman–Crippen LogP) is 1.63. The van der Waals surface area contributed by atoms with Crippen LogP contribution in [-0.4, -0.2) is 36.8 Å². The van der Waals surface area contributed by atoms with E-state index in [1.54, 1.807) is 7.11 Å². The van der Waals surface area contributed by atoms with Gasteiger partial charge in [-0.3, -0.25) is 0 Å². The van der Waals surface area contributed by atoms with Crippen molar-refractivity contribution >= 4 is 23.1 Å². The van der Waals surface area contributed by atoms with E-state index in [-0.39, 0.29) is 23.1 Å². The van der Waals surface area contributed by atoms with Crippen molar-refractivity contribution < 1.29 is 9.47 Å². The van der Waals surface area contributed by atoms with Gasteiger partial charge in [-0.05, 0) is 30.5 Å². The average molecular weight is 205 g/mol. The Labute approximate surface area is 101 Å². The lowest BCUT2D eigenvalue weighted by Gasteiger charge is -2.09. The van der Waals surface area contributed by atoms with E-state index >= 15 is 0 Å². The first-order valence-corrected chi connectivity index (χ1v) is 4.66. The molecule has 0 radical (unpaired) electrons. The Morgan fingerprint density at radius 2 is 2.00 bits per heavy atom. The maximum absolute atomic E-state index is 5.57. The van der Waals surface area contributed by atoms with E-state index in [0.29, 0.717) is 6.10 Å². The molecule has 0 bridgehead atoms. The van der Waals surface area contributed by atoms with Crippen molar-refractivity contribution in [3.63, 3.8) is 0 Å². The molecule has 3 heteroatoms. The summed E-state index contributed by atoms with van der Waals surface area (Å²) >= 11 is 0. The first-order chi connectivity index (χ1) is 6.40. The zero-order valence-corrected chi connectivity index (χ0v) is 7.82. The van der Waals surface area contributed by atoms with E-state index < -0.39 is 0 Å². The van der Waals surface area contributed by atoms with Crippen molar-refractivity contribution in [2.45, 2.75) is 18.9 Å². The quantitative estimate of drug-likeness (QED) is 0.682. The van der Waals surface area contributed by atoms with Gasteiger partial charge in [0.15, 0.2) is 0 Å². The first-order valence-electron chi connectivity index (χ1n) is 4.66. The van der Waals surface area contributed by atoms with Crippen molar-refractivity contribution in [1.29, 1.82) is 0 Å². The van der Waals surface area contributed by atoms with Crippen molar-refractivity contribution in [2.24, 2.45) is 0 Å². The summed E-state index contributed by atoms with van der Waals surface area (Å²) in [5, 5.41) is 0. The lowest BCUT2D eigenvalue weighted by Crippen LogP contribution is -1.95. The van der Waals surface area contributed by atoms with Gasteiger partial charge in [0.05, 0.1) is 13.2 Å². The second kappa shape index (κ2) is 5.58. The molecule has 0 saturated carbocycles. The Kier molecular flexibility index (Phi) is 4.71. The predicted molar refractivity (Wildman–Crippen MR) is 59.5 cm³/mol. The van der Waals surface area contributed by atoms with Crippen LogP contribution >= 0.6 is 0 Å². The van der Waals surface area contributed by atoms with Crippen LogP contribution < -0.4 is 4.74 Å². The van der Waals surface area contributed by atoms with E-state index in [1.165, 1.54) is 12.0 Å². The number of hydrogen-bond donors (Lipinski definition) is 0. The van der Waals surface area contributed by atoms with E-state index in [1.807, 2.05) is 12.1 Å². The molecule has 1 aromatic carbocycles. The Morgan fingerprint density at radius 1 is 1.29 bits per heavy atom. The SMILES string of the molecule is COc1ccc(C2CCCO2)cc1.[MgH2]. The molecule has 0 amide bonds. The fraction of sp³-hybridized carbons (Fsp3) is 0.455. The molecule has 0 spiro atoms. The standard InChI is InChI=1S/C11H14O2.Mg.2H/c1-12-10-6-4-9(5-7-10)11-3-2-8-13-11;;;/h4-7,11H,2-3,8H2,1H3;;;. The normalized spacial score (nSPS) is 20.2. The highest BCUT2D eigenvalue weighted by Gasteiger charge is 2.16. The Hall–Kier alpha value is -0.254. The average Bonchev–Trinajstić information content (AvgIpc) is 2.71. The van der Waals surface area contributed by atoms with Crippen molar-refractivity contribution in [3.05, 3.63) is 29.8 Å². The van der Waals surface area contributed by atoms with Gasteiger partial charge in [-0.2, -0.15) is 0 Å². The van der Waals surface area contributed by atoms with Gasteiger partial charge in [-0.25, -0.2) is 0 Å². The highest BCUT2D eigenvalue weighted by molar-refractivity contribution is 5.75. The van der Waals surface area contributed by atoms with Gasteiger partial charge < -0.3 is 9.47 Å². The van der Waals surface area contributed by atoms with Crippen LogP contribution in [0, 0.1) is 0 Å². The number of hydrogen-bond acceptors (Lipinski definition) is 2. The van der Waals surface area contributed by atoms with Crippen LogP contribution in [0.5, 0.6) is 5.75 Å². The maximum atomic E-state index is 5.57. The van der Waals surface area contributed by atoms with Gasteiger partial charge in [0.1, 0.15) is 5.75 Å². The fourth-order valence-electron chi connectivity index (χ4n) is 1.66. The van der Waals surface area contributed by atoms with Crippen LogP contribution in [0.15, 0.2) is 24.3 Å². The van der Waals surface area contributed by atoms with Gasteiger partial charge >= 0.3 is 23.1 Å². The number of rotatable bonds is 2. The van der Waals surface area contributed by atoms with Crippen molar-refractivity contribution in [3.8, 4) is 5.75 Å².